The van der Waals surface area contributed by atoms with Gasteiger partial charge in [-0.1, -0.05) is 19.1 Å². The predicted molar refractivity (Wildman–Crippen MR) is 69.1 cm³/mol. The summed E-state index contributed by atoms with van der Waals surface area (Å²) in [6.45, 7) is 9.22. The summed E-state index contributed by atoms with van der Waals surface area (Å²) in [5, 5.41) is 0. The van der Waals surface area contributed by atoms with Crippen molar-refractivity contribution in [1.29, 1.82) is 0 Å². The van der Waals surface area contributed by atoms with Crippen molar-refractivity contribution in [3.8, 4) is 0 Å². The number of nitrogens with two attached hydrogens (primary N) is 1. The third-order valence-corrected chi connectivity index (χ3v) is 3.56. The summed E-state index contributed by atoms with van der Waals surface area (Å²) >= 11 is 0. The van der Waals surface area contributed by atoms with Gasteiger partial charge in [0.05, 0.1) is 0 Å². The second kappa shape index (κ2) is 4.10. The van der Waals surface area contributed by atoms with Gasteiger partial charge in [-0.15, -0.1) is 0 Å². The van der Waals surface area contributed by atoms with Crippen LogP contribution in [-0.4, -0.2) is 17.0 Å². The first-order valence-electron chi connectivity index (χ1n) is 6.07. The summed E-state index contributed by atoms with van der Waals surface area (Å²) in [6.07, 6.45) is 1.29. The van der Waals surface area contributed by atoms with Gasteiger partial charge < -0.3 is 5.73 Å². The van der Waals surface area contributed by atoms with Gasteiger partial charge in [0, 0.05) is 24.3 Å². The van der Waals surface area contributed by atoms with Gasteiger partial charge in [0.15, 0.2) is 0 Å². The van der Waals surface area contributed by atoms with Gasteiger partial charge in [0.1, 0.15) is 0 Å². The fourth-order valence-corrected chi connectivity index (χ4v) is 2.86. The highest BCUT2D eigenvalue weighted by Gasteiger charge is 2.35. The molecule has 1 aliphatic heterocycles. The monoisotopic (exact) mass is 218 g/mol. The highest BCUT2D eigenvalue weighted by atomic mass is 15.2. The molecule has 1 unspecified atom stereocenters. The van der Waals surface area contributed by atoms with Crippen LogP contribution in [0.3, 0.4) is 0 Å². The van der Waals surface area contributed by atoms with Gasteiger partial charge in [0.25, 0.3) is 0 Å². The summed E-state index contributed by atoms with van der Waals surface area (Å²) in [5.74, 6) is 0.802. The first kappa shape index (κ1) is 11.5. The van der Waals surface area contributed by atoms with Crippen LogP contribution in [-0.2, 0) is 6.54 Å². The van der Waals surface area contributed by atoms with Crippen LogP contribution in [0.25, 0.3) is 0 Å². The third kappa shape index (κ3) is 2.38. The van der Waals surface area contributed by atoms with Crippen LogP contribution >= 0.6 is 0 Å². The fraction of sp³-hybridized carbons (Fsp3) is 0.571. The molecule has 2 N–H and O–H groups in total. The minimum absolute atomic E-state index is 0.323. The molecule has 88 valence electrons. The predicted octanol–water partition coefficient (Wildman–Crippen LogP) is 2.89. The van der Waals surface area contributed by atoms with E-state index in [0.29, 0.717) is 5.54 Å². The van der Waals surface area contributed by atoms with Gasteiger partial charge in [-0.25, -0.2) is 0 Å². The van der Waals surface area contributed by atoms with Crippen LogP contribution in [0.1, 0.15) is 32.8 Å². The van der Waals surface area contributed by atoms with E-state index in [1.54, 1.807) is 0 Å². The number of hydrogen-bond donors (Lipinski definition) is 1. The SMILES string of the molecule is CC1CN(Cc2cccc(N)c2)C(C)(C)C1. The summed E-state index contributed by atoms with van der Waals surface area (Å²) < 4.78 is 0. The van der Waals surface area contributed by atoms with Gasteiger partial charge in [-0.3, -0.25) is 4.90 Å². The molecule has 0 amide bonds. The molecule has 0 bridgehead atoms. The third-order valence-electron chi connectivity index (χ3n) is 3.56. The highest BCUT2D eigenvalue weighted by Crippen LogP contribution is 2.33. The molecule has 0 aliphatic carbocycles. The zero-order valence-corrected chi connectivity index (χ0v) is 10.5. The number of nitrogens with zero attached hydrogens (tertiary/aromatic N) is 1. The Morgan fingerprint density at radius 3 is 2.75 bits per heavy atom. The Bertz CT molecular complexity index is 371. The van der Waals surface area contributed by atoms with E-state index in [2.05, 4.69) is 37.8 Å². The molecule has 2 rings (SSSR count). The Hall–Kier alpha value is -1.02. The Morgan fingerprint density at radius 2 is 2.19 bits per heavy atom. The maximum absolute atomic E-state index is 5.81. The average Bonchev–Trinajstić information content (AvgIpc) is 2.39. The lowest BCUT2D eigenvalue weighted by atomic mass is 9.97. The van der Waals surface area contributed by atoms with E-state index in [1.807, 2.05) is 12.1 Å². The zero-order valence-electron chi connectivity index (χ0n) is 10.5. The molecule has 1 atom stereocenters. The fourth-order valence-electron chi connectivity index (χ4n) is 2.86. The molecule has 1 saturated heterocycles. The molecule has 0 spiro atoms. The van der Waals surface area contributed by atoms with Crippen LogP contribution < -0.4 is 5.73 Å². The van der Waals surface area contributed by atoms with Gasteiger partial charge >= 0.3 is 0 Å². The van der Waals surface area contributed by atoms with Gasteiger partial charge in [-0.05, 0) is 43.9 Å². The Balaban J connectivity index is 2.10. The van der Waals surface area contributed by atoms with E-state index in [9.17, 15) is 0 Å². The maximum atomic E-state index is 5.81. The minimum atomic E-state index is 0.323. The van der Waals surface area contributed by atoms with Crippen molar-refractivity contribution in [2.45, 2.75) is 39.3 Å². The standard InChI is InChI=1S/C14H22N2/c1-11-8-14(2,3)16(9-11)10-12-5-4-6-13(15)7-12/h4-7,11H,8-10,15H2,1-3H3. The van der Waals surface area contributed by atoms with Crippen molar-refractivity contribution in [1.82, 2.24) is 4.90 Å². The lowest BCUT2D eigenvalue weighted by molar-refractivity contribution is 0.166. The highest BCUT2D eigenvalue weighted by molar-refractivity contribution is 5.40. The molecule has 0 aromatic heterocycles. The molecule has 0 saturated carbocycles. The normalized spacial score (nSPS) is 24.8. The number of anilines is 1. The van der Waals surface area contributed by atoms with Crippen molar-refractivity contribution < 1.29 is 0 Å². The quantitative estimate of drug-likeness (QED) is 0.773. The Kier molecular flexibility index (Phi) is 2.94. The molecule has 2 nitrogen and oxygen atoms in total. The van der Waals surface area contributed by atoms with E-state index in [1.165, 1.54) is 18.5 Å². The first-order valence-corrected chi connectivity index (χ1v) is 6.07. The molecule has 1 aliphatic rings. The van der Waals surface area contributed by atoms with Crippen LogP contribution in [0.4, 0.5) is 5.69 Å². The lowest BCUT2D eigenvalue weighted by Crippen LogP contribution is -2.37. The van der Waals surface area contributed by atoms with Crippen LogP contribution in [0.15, 0.2) is 24.3 Å². The summed E-state index contributed by atoms with van der Waals surface area (Å²) in [6, 6.07) is 8.23. The molecule has 1 heterocycles. The topological polar surface area (TPSA) is 29.3 Å². The molecule has 2 heteroatoms. The van der Waals surface area contributed by atoms with E-state index < -0.39 is 0 Å². The van der Waals surface area contributed by atoms with Crippen molar-refractivity contribution in [2.75, 3.05) is 12.3 Å². The second-order valence-corrected chi connectivity index (χ2v) is 5.75. The molecule has 16 heavy (non-hydrogen) atoms. The molecular formula is C14H22N2. The smallest absolute Gasteiger partial charge is 0.0317 e. The lowest BCUT2D eigenvalue weighted by Gasteiger charge is -2.31. The molecule has 1 aromatic carbocycles. The number of rotatable bonds is 2. The van der Waals surface area contributed by atoms with Crippen LogP contribution in [0, 0.1) is 5.92 Å². The number of likely N-dealkylation sites (tertiary alicyclic amines) is 1. The van der Waals surface area contributed by atoms with Crippen molar-refractivity contribution in [3.63, 3.8) is 0 Å². The molecule has 0 radical (unpaired) electrons. The van der Waals surface area contributed by atoms with Gasteiger partial charge in [-0.2, -0.15) is 0 Å². The van der Waals surface area contributed by atoms with Crippen molar-refractivity contribution >= 4 is 5.69 Å². The largest absolute Gasteiger partial charge is 0.399 e. The summed E-state index contributed by atoms with van der Waals surface area (Å²) in [4.78, 5) is 2.56. The Labute approximate surface area is 98.4 Å². The number of benzene rings is 1. The summed E-state index contributed by atoms with van der Waals surface area (Å²) in [5.41, 5.74) is 8.32. The van der Waals surface area contributed by atoms with E-state index in [-0.39, 0.29) is 0 Å². The van der Waals surface area contributed by atoms with Crippen LogP contribution in [0.5, 0.6) is 0 Å². The van der Waals surface area contributed by atoms with E-state index >= 15 is 0 Å². The van der Waals surface area contributed by atoms with Crippen molar-refractivity contribution in [2.24, 2.45) is 5.92 Å². The second-order valence-electron chi connectivity index (χ2n) is 5.75. The Morgan fingerprint density at radius 1 is 1.44 bits per heavy atom. The zero-order chi connectivity index (χ0) is 11.8. The van der Waals surface area contributed by atoms with E-state index in [0.717, 1.165) is 18.2 Å². The summed E-state index contributed by atoms with van der Waals surface area (Å²) in [7, 11) is 0. The van der Waals surface area contributed by atoms with E-state index in [4.69, 9.17) is 5.73 Å². The molecule has 1 aromatic rings. The number of hydrogen-bond acceptors (Lipinski definition) is 2. The number of nitrogen functional groups attached to an aromatic ring is 1. The van der Waals surface area contributed by atoms with Crippen molar-refractivity contribution in [3.05, 3.63) is 29.8 Å². The average molecular weight is 218 g/mol. The maximum Gasteiger partial charge on any atom is 0.0317 e. The first-order chi connectivity index (χ1) is 7.47. The molecule has 1 fully saturated rings. The molecular weight excluding hydrogens is 196 g/mol. The van der Waals surface area contributed by atoms with Gasteiger partial charge in [0.2, 0.25) is 0 Å². The van der Waals surface area contributed by atoms with Crippen LogP contribution in [0.2, 0.25) is 0 Å². The minimum Gasteiger partial charge on any atom is -0.399 e.